The van der Waals surface area contributed by atoms with Gasteiger partial charge in [0.25, 0.3) is 0 Å². The van der Waals surface area contributed by atoms with Crippen LogP contribution in [-0.2, 0) is 4.74 Å². The minimum Gasteiger partial charge on any atom is -0.395 e. The fourth-order valence-corrected chi connectivity index (χ4v) is 4.64. The van der Waals surface area contributed by atoms with Crippen LogP contribution in [0.25, 0.3) is 5.69 Å². The molecule has 33 heavy (non-hydrogen) atoms. The molecule has 1 aliphatic heterocycles. The lowest BCUT2D eigenvalue weighted by Gasteiger charge is -2.34. The van der Waals surface area contributed by atoms with E-state index in [1.165, 1.54) is 37.6 Å². The lowest BCUT2D eigenvalue weighted by atomic mass is 9.99. The zero-order chi connectivity index (χ0) is 23.3. The Hall–Kier alpha value is -2.03. The number of aromatic nitrogens is 3. The molecule has 1 aromatic heterocycles. The van der Waals surface area contributed by atoms with Gasteiger partial charge in [-0.1, -0.05) is 56.0 Å². The van der Waals surface area contributed by atoms with Crippen LogP contribution in [-0.4, -0.2) is 58.3 Å². The molecule has 0 saturated carbocycles. The summed E-state index contributed by atoms with van der Waals surface area (Å²) < 4.78 is 11.3. The first kappa shape index (κ1) is 25.6. The predicted octanol–water partition coefficient (Wildman–Crippen LogP) is 5.08. The van der Waals surface area contributed by atoms with Crippen LogP contribution in [0, 0.1) is 5.92 Å². The van der Waals surface area contributed by atoms with Gasteiger partial charge in [-0.25, -0.2) is 4.68 Å². The van der Waals surface area contributed by atoms with Crippen LogP contribution in [0.1, 0.15) is 52.4 Å². The summed E-state index contributed by atoms with van der Waals surface area (Å²) in [5.74, 6) is 1.33. The molecule has 0 radical (unpaired) electrons. The van der Waals surface area contributed by atoms with Crippen molar-refractivity contribution >= 4 is 23.3 Å². The molecule has 1 aliphatic rings. The summed E-state index contributed by atoms with van der Waals surface area (Å²) in [7, 11) is 0. The third-order valence-electron chi connectivity index (χ3n) is 6.10. The van der Waals surface area contributed by atoms with Gasteiger partial charge < -0.3 is 19.5 Å². The highest BCUT2D eigenvalue weighted by Crippen LogP contribution is 2.31. The van der Waals surface area contributed by atoms with Gasteiger partial charge in [0.2, 0.25) is 0 Å². The molecular weight excluding hydrogens is 434 g/mol. The summed E-state index contributed by atoms with van der Waals surface area (Å²) in [6.07, 6.45) is 15.5. The van der Waals surface area contributed by atoms with Crippen LogP contribution in [0.5, 0.6) is 0 Å². The molecule has 1 unspecified atom stereocenters. The highest BCUT2D eigenvalue weighted by Gasteiger charge is 2.22. The Labute approximate surface area is 202 Å². The highest BCUT2D eigenvalue weighted by atomic mass is 32.2. The second-order valence-corrected chi connectivity index (χ2v) is 9.38. The van der Waals surface area contributed by atoms with Gasteiger partial charge in [0.05, 0.1) is 43.1 Å². The number of unbranched alkanes of at least 4 members (excludes halogenated alkanes) is 1. The second kappa shape index (κ2) is 14.3. The molecule has 0 amide bonds. The van der Waals surface area contributed by atoms with Gasteiger partial charge >= 0.3 is 0 Å². The molecule has 0 bridgehead atoms. The first-order valence-corrected chi connectivity index (χ1v) is 13.3. The Morgan fingerprint density at radius 1 is 1.27 bits per heavy atom. The van der Waals surface area contributed by atoms with Gasteiger partial charge in [-0.05, 0) is 49.8 Å². The zero-order valence-electron chi connectivity index (χ0n) is 20.0. The number of aliphatic hydroxyl groups is 1. The number of ether oxygens (including phenoxy) is 1. The zero-order valence-corrected chi connectivity index (χ0v) is 20.8. The Kier molecular flexibility index (Phi) is 11.1. The summed E-state index contributed by atoms with van der Waals surface area (Å²) in [6, 6.07) is 6.27. The monoisotopic (exact) mass is 473 g/mol. The fraction of sp³-hybridized carbons (Fsp3) is 0.600. The molecule has 1 saturated heterocycles. The molecule has 2 N–H and O–H groups in total. The Balaban J connectivity index is 1.56. The molecule has 8 heteroatoms. The van der Waals surface area contributed by atoms with E-state index in [1.54, 1.807) is 6.20 Å². The van der Waals surface area contributed by atoms with Crippen molar-refractivity contribution in [1.29, 1.82) is 0 Å². The number of allylic oxidation sites excluding steroid dienone is 1. The summed E-state index contributed by atoms with van der Waals surface area (Å²) in [4.78, 5) is 2.41. The number of hydrogen-bond acceptors (Lipinski definition) is 7. The van der Waals surface area contributed by atoms with Crippen molar-refractivity contribution in [3.05, 3.63) is 42.7 Å². The quantitative estimate of drug-likeness (QED) is 0.225. The minimum absolute atomic E-state index is 0.155. The van der Waals surface area contributed by atoms with Crippen LogP contribution in [0.4, 0.5) is 11.4 Å². The number of hydrogen-bond donors (Lipinski definition) is 2. The number of benzene rings is 1. The molecule has 0 spiro atoms. The highest BCUT2D eigenvalue weighted by molar-refractivity contribution is 8.00. The van der Waals surface area contributed by atoms with Gasteiger partial charge in [-0.3, -0.25) is 0 Å². The van der Waals surface area contributed by atoms with Gasteiger partial charge in [0.15, 0.2) is 0 Å². The fourth-order valence-electron chi connectivity index (χ4n) is 4.16. The Morgan fingerprint density at radius 2 is 2.12 bits per heavy atom. The van der Waals surface area contributed by atoms with Crippen molar-refractivity contribution in [3.8, 4) is 5.69 Å². The Morgan fingerprint density at radius 3 is 2.82 bits per heavy atom. The molecule has 3 rings (SSSR count). The van der Waals surface area contributed by atoms with E-state index < -0.39 is 0 Å². The van der Waals surface area contributed by atoms with E-state index in [2.05, 4.69) is 58.1 Å². The first-order chi connectivity index (χ1) is 16.2. The lowest BCUT2D eigenvalue weighted by molar-refractivity contribution is 0.0560. The molecule has 2 aromatic rings. The van der Waals surface area contributed by atoms with E-state index >= 15 is 0 Å². The average Bonchev–Trinajstić information content (AvgIpc) is 3.39. The number of anilines is 2. The smallest absolute Gasteiger partial charge is 0.0898 e. The molecule has 0 aliphatic carbocycles. The third-order valence-corrected chi connectivity index (χ3v) is 6.87. The third kappa shape index (κ3) is 8.05. The van der Waals surface area contributed by atoms with Crippen molar-refractivity contribution in [1.82, 2.24) is 15.0 Å². The Bertz CT molecular complexity index is 822. The second-order valence-electron chi connectivity index (χ2n) is 8.48. The largest absolute Gasteiger partial charge is 0.395 e. The molecule has 1 fully saturated rings. The molecule has 7 nitrogen and oxygen atoms in total. The van der Waals surface area contributed by atoms with Crippen LogP contribution >= 0.6 is 11.9 Å². The van der Waals surface area contributed by atoms with E-state index in [0.29, 0.717) is 24.4 Å². The number of piperidine rings is 1. The lowest BCUT2D eigenvalue weighted by Crippen LogP contribution is -2.37. The van der Waals surface area contributed by atoms with Crippen molar-refractivity contribution < 1.29 is 9.84 Å². The molecule has 182 valence electrons. The number of nitrogens with zero attached hydrogens (tertiary/aromatic N) is 4. The van der Waals surface area contributed by atoms with Gasteiger partial charge in [0.1, 0.15) is 0 Å². The predicted molar refractivity (Wildman–Crippen MR) is 138 cm³/mol. The maximum Gasteiger partial charge on any atom is 0.0898 e. The van der Waals surface area contributed by atoms with Gasteiger partial charge in [-0.15, -0.1) is 5.10 Å². The first-order valence-electron chi connectivity index (χ1n) is 12.3. The summed E-state index contributed by atoms with van der Waals surface area (Å²) in [5.41, 5.74) is 3.17. The number of rotatable bonds is 14. The van der Waals surface area contributed by atoms with Crippen molar-refractivity contribution in [2.75, 3.05) is 41.7 Å². The van der Waals surface area contributed by atoms with Gasteiger partial charge in [-0.2, -0.15) is 0 Å². The molecular formula is C25H39N5O2S. The topological polar surface area (TPSA) is 75.4 Å². The molecule has 1 aromatic carbocycles. The molecule has 2 heterocycles. The van der Waals surface area contributed by atoms with E-state index in [4.69, 9.17) is 9.84 Å². The number of nitrogens with one attached hydrogen (secondary N) is 1. The molecule has 1 atom stereocenters. The van der Waals surface area contributed by atoms with Crippen LogP contribution < -0.4 is 9.62 Å². The SMILES string of the molecule is CCCCC(/C=C\COC1CCN(c2cc(NSCCO)ccc2-n2ccnn2)CC1)CC. The van der Waals surface area contributed by atoms with Crippen LogP contribution in [0.15, 0.2) is 42.7 Å². The van der Waals surface area contributed by atoms with E-state index in [-0.39, 0.29) is 6.61 Å². The summed E-state index contributed by atoms with van der Waals surface area (Å²) >= 11 is 1.50. The maximum absolute atomic E-state index is 9.04. The maximum atomic E-state index is 9.04. The van der Waals surface area contributed by atoms with Crippen molar-refractivity contribution in [2.45, 2.75) is 58.5 Å². The van der Waals surface area contributed by atoms with Crippen LogP contribution in [0.2, 0.25) is 0 Å². The standard InChI is InChI=1S/C25H39N5O2S/c1-3-5-7-21(4-2)8-6-18-32-23-11-14-29(15-12-23)25-20-22(27-33-19-17-31)9-10-24(25)30-16-13-26-28-30/h6,8-10,13,16,20-21,23,27,31H,3-5,7,11-12,14-15,17-19H2,1-2H3/b8-6-. The van der Waals surface area contributed by atoms with E-state index in [1.807, 2.05) is 16.9 Å². The minimum atomic E-state index is 0.155. The van der Waals surface area contributed by atoms with E-state index in [0.717, 1.165) is 43.0 Å². The van der Waals surface area contributed by atoms with E-state index in [9.17, 15) is 0 Å². The summed E-state index contributed by atoms with van der Waals surface area (Å²) in [6.45, 7) is 7.27. The average molecular weight is 474 g/mol. The van der Waals surface area contributed by atoms with Crippen molar-refractivity contribution in [2.24, 2.45) is 5.92 Å². The normalized spacial score (nSPS) is 15.9. The number of aliphatic hydroxyl groups excluding tert-OH is 1. The van der Waals surface area contributed by atoms with Crippen molar-refractivity contribution in [3.63, 3.8) is 0 Å². The van der Waals surface area contributed by atoms with Gasteiger partial charge in [0, 0.05) is 24.5 Å². The van der Waals surface area contributed by atoms with Crippen LogP contribution in [0.3, 0.4) is 0 Å². The summed E-state index contributed by atoms with van der Waals surface area (Å²) in [5, 5.41) is 17.2.